The molecule has 2 rings (SSSR count). The lowest BCUT2D eigenvalue weighted by molar-refractivity contribution is 0.529. The van der Waals surface area contributed by atoms with Crippen molar-refractivity contribution in [2.45, 2.75) is 47.2 Å². The summed E-state index contributed by atoms with van der Waals surface area (Å²) in [7, 11) is 0. The monoisotopic (exact) mass is 271 g/mol. The average Bonchev–Trinajstić information content (AvgIpc) is 2.79. The Morgan fingerprint density at radius 3 is 2.50 bits per heavy atom. The molecule has 0 saturated heterocycles. The summed E-state index contributed by atoms with van der Waals surface area (Å²) in [6, 6.07) is 7.09. The lowest BCUT2D eigenvalue weighted by Crippen LogP contribution is -2.11. The second kappa shape index (κ2) is 6.23. The third-order valence-electron chi connectivity index (χ3n) is 3.61. The molecule has 108 valence electrons. The number of aromatic nitrogens is 2. The van der Waals surface area contributed by atoms with Crippen LogP contribution in [0.4, 0.5) is 0 Å². The van der Waals surface area contributed by atoms with Crippen molar-refractivity contribution in [1.29, 1.82) is 0 Å². The molecule has 2 aromatic rings. The number of hydrogen-bond donors (Lipinski definition) is 1. The number of hydrogen-bond acceptors (Lipinski definition) is 2. The highest BCUT2D eigenvalue weighted by Crippen LogP contribution is 2.27. The standard InChI is InChI=1S/C17H25N3/c1-6-18-10-15-7-8-16(13(4)9-15)17-11-20(12(2)3)19-14(17)5/h7-9,11-12,18H,6,10H2,1-5H3. The molecular formula is C17H25N3. The van der Waals surface area contributed by atoms with Crippen LogP contribution in [-0.2, 0) is 6.54 Å². The predicted molar refractivity (Wildman–Crippen MR) is 84.9 cm³/mol. The lowest BCUT2D eigenvalue weighted by atomic mass is 9.99. The molecule has 0 atom stereocenters. The van der Waals surface area contributed by atoms with E-state index in [9.17, 15) is 0 Å². The fraction of sp³-hybridized carbons (Fsp3) is 0.471. The van der Waals surface area contributed by atoms with Crippen molar-refractivity contribution in [3.63, 3.8) is 0 Å². The van der Waals surface area contributed by atoms with E-state index in [1.165, 1.54) is 22.3 Å². The average molecular weight is 271 g/mol. The Morgan fingerprint density at radius 2 is 1.95 bits per heavy atom. The molecule has 0 bridgehead atoms. The summed E-state index contributed by atoms with van der Waals surface area (Å²) in [5.74, 6) is 0. The molecule has 0 unspecified atom stereocenters. The van der Waals surface area contributed by atoms with Gasteiger partial charge < -0.3 is 5.32 Å². The molecule has 0 amide bonds. The molecule has 0 aliphatic heterocycles. The number of benzene rings is 1. The van der Waals surface area contributed by atoms with Gasteiger partial charge in [0, 0.05) is 24.3 Å². The molecule has 1 aromatic carbocycles. The smallest absolute Gasteiger partial charge is 0.0672 e. The molecule has 0 spiro atoms. The molecule has 1 heterocycles. The van der Waals surface area contributed by atoms with Crippen LogP contribution in [0.25, 0.3) is 11.1 Å². The van der Waals surface area contributed by atoms with E-state index >= 15 is 0 Å². The molecular weight excluding hydrogens is 246 g/mol. The first-order chi connectivity index (χ1) is 9.52. The first-order valence-corrected chi connectivity index (χ1v) is 7.39. The number of rotatable bonds is 5. The van der Waals surface area contributed by atoms with E-state index in [0.29, 0.717) is 6.04 Å². The van der Waals surface area contributed by atoms with Crippen LogP contribution in [0.5, 0.6) is 0 Å². The van der Waals surface area contributed by atoms with Crippen LogP contribution in [0.1, 0.15) is 43.6 Å². The third-order valence-corrected chi connectivity index (χ3v) is 3.61. The zero-order valence-electron chi connectivity index (χ0n) is 13.2. The highest BCUT2D eigenvalue weighted by molar-refractivity contribution is 5.69. The van der Waals surface area contributed by atoms with E-state index in [0.717, 1.165) is 18.8 Å². The van der Waals surface area contributed by atoms with Gasteiger partial charge in [-0.05, 0) is 50.9 Å². The summed E-state index contributed by atoms with van der Waals surface area (Å²) in [5, 5.41) is 7.97. The largest absolute Gasteiger partial charge is 0.313 e. The van der Waals surface area contributed by atoms with Gasteiger partial charge in [0.05, 0.1) is 5.69 Å². The summed E-state index contributed by atoms with van der Waals surface area (Å²) in [4.78, 5) is 0. The van der Waals surface area contributed by atoms with Gasteiger partial charge in [-0.15, -0.1) is 0 Å². The van der Waals surface area contributed by atoms with Crippen molar-refractivity contribution in [2.24, 2.45) is 0 Å². The van der Waals surface area contributed by atoms with Crippen molar-refractivity contribution in [2.75, 3.05) is 6.54 Å². The quantitative estimate of drug-likeness (QED) is 0.895. The van der Waals surface area contributed by atoms with Gasteiger partial charge in [0.15, 0.2) is 0 Å². The minimum Gasteiger partial charge on any atom is -0.313 e. The Morgan fingerprint density at radius 1 is 1.20 bits per heavy atom. The van der Waals surface area contributed by atoms with Gasteiger partial charge in [0.25, 0.3) is 0 Å². The number of nitrogens with one attached hydrogen (secondary N) is 1. The van der Waals surface area contributed by atoms with Crippen molar-refractivity contribution >= 4 is 0 Å². The Balaban J connectivity index is 2.33. The van der Waals surface area contributed by atoms with Gasteiger partial charge in [0.1, 0.15) is 0 Å². The molecule has 20 heavy (non-hydrogen) atoms. The number of nitrogens with zero attached hydrogens (tertiary/aromatic N) is 2. The Hall–Kier alpha value is -1.61. The molecule has 0 aliphatic carbocycles. The summed E-state index contributed by atoms with van der Waals surface area (Å²) in [5.41, 5.74) is 6.27. The molecule has 1 aromatic heterocycles. The van der Waals surface area contributed by atoms with E-state index < -0.39 is 0 Å². The fourth-order valence-corrected chi connectivity index (χ4v) is 2.42. The van der Waals surface area contributed by atoms with Crippen LogP contribution in [-0.4, -0.2) is 16.3 Å². The second-order valence-electron chi connectivity index (χ2n) is 5.63. The van der Waals surface area contributed by atoms with Crippen molar-refractivity contribution in [1.82, 2.24) is 15.1 Å². The van der Waals surface area contributed by atoms with Gasteiger partial charge >= 0.3 is 0 Å². The highest BCUT2D eigenvalue weighted by atomic mass is 15.3. The maximum atomic E-state index is 4.60. The van der Waals surface area contributed by atoms with Gasteiger partial charge in [-0.25, -0.2) is 0 Å². The highest BCUT2D eigenvalue weighted by Gasteiger charge is 2.11. The van der Waals surface area contributed by atoms with Crippen LogP contribution in [0, 0.1) is 13.8 Å². The van der Waals surface area contributed by atoms with E-state index in [1.54, 1.807) is 0 Å². The van der Waals surface area contributed by atoms with E-state index in [4.69, 9.17) is 0 Å². The van der Waals surface area contributed by atoms with Crippen molar-refractivity contribution < 1.29 is 0 Å². The molecule has 3 heteroatoms. The molecule has 0 radical (unpaired) electrons. The Labute approximate surface area is 122 Å². The Bertz CT molecular complexity index is 582. The summed E-state index contributed by atoms with van der Waals surface area (Å²) in [6.45, 7) is 12.6. The summed E-state index contributed by atoms with van der Waals surface area (Å²) in [6.07, 6.45) is 2.16. The van der Waals surface area contributed by atoms with Gasteiger partial charge in [-0.1, -0.05) is 25.1 Å². The maximum absolute atomic E-state index is 4.60. The zero-order valence-corrected chi connectivity index (χ0v) is 13.2. The van der Waals surface area contributed by atoms with E-state index in [1.807, 2.05) is 4.68 Å². The minimum absolute atomic E-state index is 0.399. The first kappa shape index (κ1) is 14.8. The maximum Gasteiger partial charge on any atom is 0.0672 e. The fourth-order valence-electron chi connectivity index (χ4n) is 2.42. The normalized spacial score (nSPS) is 11.3. The van der Waals surface area contributed by atoms with Gasteiger partial charge in [-0.2, -0.15) is 5.10 Å². The second-order valence-corrected chi connectivity index (χ2v) is 5.63. The van der Waals surface area contributed by atoms with E-state index in [-0.39, 0.29) is 0 Å². The van der Waals surface area contributed by atoms with Crippen molar-refractivity contribution in [3.8, 4) is 11.1 Å². The van der Waals surface area contributed by atoms with E-state index in [2.05, 4.69) is 69.4 Å². The SMILES string of the molecule is CCNCc1ccc(-c2cn(C(C)C)nc2C)c(C)c1. The lowest BCUT2D eigenvalue weighted by Gasteiger charge is -2.08. The molecule has 0 fully saturated rings. The van der Waals surface area contributed by atoms with Gasteiger partial charge in [-0.3, -0.25) is 4.68 Å². The Kier molecular flexibility index (Phi) is 4.61. The molecule has 0 saturated carbocycles. The van der Waals surface area contributed by atoms with Crippen LogP contribution in [0.15, 0.2) is 24.4 Å². The van der Waals surface area contributed by atoms with Gasteiger partial charge in [0.2, 0.25) is 0 Å². The van der Waals surface area contributed by atoms with Crippen molar-refractivity contribution in [3.05, 3.63) is 41.2 Å². The predicted octanol–water partition coefficient (Wildman–Crippen LogP) is 3.86. The van der Waals surface area contributed by atoms with Crippen LogP contribution >= 0.6 is 0 Å². The summed E-state index contributed by atoms with van der Waals surface area (Å²) < 4.78 is 2.04. The zero-order chi connectivity index (χ0) is 14.7. The molecule has 3 nitrogen and oxygen atoms in total. The third kappa shape index (κ3) is 3.10. The van der Waals surface area contributed by atoms with Crippen LogP contribution in [0.2, 0.25) is 0 Å². The molecule has 0 aliphatic rings. The van der Waals surface area contributed by atoms with Crippen LogP contribution < -0.4 is 5.32 Å². The number of aryl methyl sites for hydroxylation is 2. The minimum atomic E-state index is 0.399. The molecule has 1 N–H and O–H groups in total. The van der Waals surface area contributed by atoms with Crippen LogP contribution in [0.3, 0.4) is 0 Å². The topological polar surface area (TPSA) is 29.9 Å². The first-order valence-electron chi connectivity index (χ1n) is 7.39. The summed E-state index contributed by atoms with van der Waals surface area (Å²) >= 11 is 0.